The minimum Gasteiger partial charge on any atom is -0.394 e. The average molecular weight is 268 g/mol. The van der Waals surface area contributed by atoms with Crippen molar-refractivity contribution in [1.29, 1.82) is 5.26 Å². The van der Waals surface area contributed by atoms with Crippen LogP contribution < -0.4 is 11.4 Å². The van der Waals surface area contributed by atoms with E-state index < -0.39 is 36.8 Å². The smallest absolute Gasteiger partial charge is 0.351 e. The number of hydrogen-bond donors (Lipinski definition) is 4. The highest BCUT2D eigenvalue weighted by atomic mass is 16.6. The highest BCUT2D eigenvalue weighted by molar-refractivity contribution is 5.45. The van der Waals surface area contributed by atoms with E-state index in [4.69, 9.17) is 20.8 Å². The lowest BCUT2D eigenvalue weighted by atomic mass is 10.1. The number of aromatic nitrogens is 2. The van der Waals surface area contributed by atoms with E-state index in [0.717, 1.165) is 10.8 Å². The number of nitrogens with zero attached hydrogens (tertiary/aromatic N) is 3. The molecule has 9 nitrogen and oxygen atoms in total. The quantitative estimate of drug-likeness (QED) is 0.452. The standard InChI is InChI=1S/C10H12N4O5/c11-1-4-2-14(10(18)13-8(4)12)9-7(17)6(16)5(3-15)19-9/h2,5-7,9,15-17H,3H2,(H2,12,13,18). The number of nitrogens with two attached hydrogens (primary N) is 1. The third-order valence-electron chi connectivity index (χ3n) is 2.89. The van der Waals surface area contributed by atoms with E-state index in [0.29, 0.717) is 0 Å². The zero-order chi connectivity index (χ0) is 14.2. The van der Waals surface area contributed by atoms with Gasteiger partial charge >= 0.3 is 5.69 Å². The molecule has 1 aliphatic rings. The van der Waals surface area contributed by atoms with Gasteiger partial charge in [0.15, 0.2) is 6.23 Å². The molecule has 1 fully saturated rings. The molecule has 0 bridgehead atoms. The summed E-state index contributed by atoms with van der Waals surface area (Å²) in [6.45, 7) is -0.517. The Morgan fingerprint density at radius 3 is 2.74 bits per heavy atom. The first-order chi connectivity index (χ1) is 8.99. The summed E-state index contributed by atoms with van der Waals surface area (Å²) in [5, 5.41) is 37.2. The van der Waals surface area contributed by atoms with Gasteiger partial charge in [-0.3, -0.25) is 4.57 Å². The number of nitriles is 1. The predicted octanol–water partition coefficient (Wildman–Crippen LogP) is -2.69. The molecule has 0 radical (unpaired) electrons. The van der Waals surface area contributed by atoms with Crippen molar-refractivity contribution in [1.82, 2.24) is 9.55 Å². The van der Waals surface area contributed by atoms with E-state index in [-0.39, 0.29) is 11.4 Å². The van der Waals surface area contributed by atoms with E-state index in [1.807, 2.05) is 0 Å². The SMILES string of the molecule is N#Cc1cn(C2OC(CO)C(O)C2O)c(=O)nc1N. The normalized spacial score (nSPS) is 30.2. The van der Waals surface area contributed by atoms with Crippen molar-refractivity contribution >= 4 is 5.82 Å². The summed E-state index contributed by atoms with van der Waals surface area (Å²) >= 11 is 0. The van der Waals surface area contributed by atoms with Gasteiger partial charge < -0.3 is 25.8 Å². The molecule has 0 aliphatic carbocycles. The van der Waals surface area contributed by atoms with Gasteiger partial charge in [-0.2, -0.15) is 10.2 Å². The Morgan fingerprint density at radius 1 is 1.53 bits per heavy atom. The lowest BCUT2D eigenvalue weighted by molar-refractivity contribution is -0.0549. The maximum Gasteiger partial charge on any atom is 0.351 e. The number of rotatable bonds is 2. The molecule has 4 unspecified atom stereocenters. The average Bonchev–Trinajstić information content (AvgIpc) is 2.67. The Kier molecular flexibility index (Phi) is 3.50. The Morgan fingerprint density at radius 2 is 2.21 bits per heavy atom. The second-order valence-electron chi connectivity index (χ2n) is 4.07. The van der Waals surface area contributed by atoms with Crippen LogP contribution in [0.25, 0.3) is 0 Å². The molecule has 1 aromatic heterocycles. The minimum atomic E-state index is -1.42. The first-order valence-corrected chi connectivity index (χ1v) is 5.40. The van der Waals surface area contributed by atoms with Crippen LogP contribution in [0.2, 0.25) is 0 Å². The molecule has 0 amide bonds. The topological polar surface area (TPSA) is 155 Å². The maximum absolute atomic E-state index is 11.7. The molecule has 19 heavy (non-hydrogen) atoms. The van der Waals surface area contributed by atoms with E-state index in [1.165, 1.54) is 0 Å². The fourth-order valence-corrected chi connectivity index (χ4v) is 1.86. The molecule has 1 aliphatic heterocycles. The number of aliphatic hydroxyl groups is 3. The molecule has 1 saturated heterocycles. The molecule has 4 atom stereocenters. The third kappa shape index (κ3) is 2.18. The molecular formula is C10H12N4O5. The Bertz CT molecular complexity index is 580. The molecular weight excluding hydrogens is 256 g/mol. The highest BCUT2D eigenvalue weighted by Gasteiger charge is 2.43. The van der Waals surface area contributed by atoms with E-state index in [2.05, 4.69) is 4.98 Å². The monoisotopic (exact) mass is 268 g/mol. The summed E-state index contributed by atoms with van der Waals surface area (Å²) in [7, 11) is 0. The number of anilines is 1. The molecule has 102 valence electrons. The van der Waals surface area contributed by atoms with Gasteiger partial charge in [-0.1, -0.05) is 0 Å². The fourth-order valence-electron chi connectivity index (χ4n) is 1.86. The van der Waals surface area contributed by atoms with Crippen molar-refractivity contribution < 1.29 is 20.1 Å². The Balaban J connectivity index is 2.44. The van der Waals surface area contributed by atoms with Crippen LogP contribution in [0.15, 0.2) is 11.0 Å². The summed E-state index contributed by atoms with van der Waals surface area (Å²) in [4.78, 5) is 15.1. The van der Waals surface area contributed by atoms with Gasteiger partial charge in [0.25, 0.3) is 0 Å². The summed E-state index contributed by atoms with van der Waals surface area (Å²) in [6, 6.07) is 1.74. The van der Waals surface area contributed by atoms with Gasteiger partial charge in [-0.05, 0) is 0 Å². The number of nitrogen functional groups attached to an aromatic ring is 1. The molecule has 2 heterocycles. The molecule has 9 heteroatoms. The van der Waals surface area contributed by atoms with Crippen LogP contribution in [0.5, 0.6) is 0 Å². The number of aliphatic hydroxyl groups excluding tert-OH is 3. The van der Waals surface area contributed by atoms with E-state index in [1.54, 1.807) is 6.07 Å². The molecule has 0 aromatic carbocycles. The van der Waals surface area contributed by atoms with Gasteiger partial charge in [0.05, 0.1) is 6.61 Å². The third-order valence-corrected chi connectivity index (χ3v) is 2.89. The van der Waals surface area contributed by atoms with Crippen molar-refractivity contribution in [3.8, 4) is 6.07 Å². The van der Waals surface area contributed by atoms with Gasteiger partial charge in [-0.25, -0.2) is 4.79 Å². The van der Waals surface area contributed by atoms with Crippen LogP contribution in [-0.2, 0) is 4.74 Å². The summed E-state index contributed by atoms with van der Waals surface area (Å²) in [5.41, 5.74) is 4.49. The number of hydrogen-bond acceptors (Lipinski definition) is 8. The molecule has 1 aromatic rings. The van der Waals surface area contributed by atoms with E-state index >= 15 is 0 Å². The minimum absolute atomic E-state index is 0.0580. The van der Waals surface area contributed by atoms with E-state index in [9.17, 15) is 15.0 Å². The first kappa shape index (κ1) is 13.4. The van der Waals surface area contributed by atoms with Crippen molar-refractivity contribution in [2.75, 3.05) is 12.3 Å². The van der Waals surface area contributed by atoms with Gasteiger partial charge in [-0.15, -0.1) is 0 Å². The van der Waals surface area contributed by atoms with Crippen LogP contribution in [-0.4, -0.2) is 49.8 Å². The second kappa shape index (κ2) is 4.94. The van der Waals surface area contributed by atoms with Gasteiger partial charge in [0.1, 0.15) is 35.8 Å². The summed E-state index contributed by atoms with van der Waals surface area (Å²) in [5.74, 6) is -0.226. The van der Waals surface area contributed by atoms with Gasteiger partial charge in [0.2, 0.25) is 0 Å². The first-order valence-electron chi connectivity index (χ1n) is 5.40. The van der Waals surface area contributed by atoms with Crippen LogP contribution in [0.1, 0.15) is 11.8 Å². The van der Waals surface area contributed by atoms with Crippen LogP contribution >= 0.6 is 0 Å². The van der Waals surface area contributed by atoms with Crippen molar-refractivity contribution in [3.63, 3.8) is 0 Å². The molecule has 2 rings (SSSR count). The Labute approximate surface area is 107 Å². The van der Waals surface area contributed by atoms with Crippen molar-refractivity contribution in [2.45, 2.75) is 24.5 Å². The molecule has 5 N–H and O–H groups in total. The Hall–Kier alpha value is -1.99. The molecule has 0 saturated carbocycles. The zero-order valence-electron chi connectivity index (χ0n) is 9.67. The predicted molar refractivity (Wildman–Crippen MR) is 60.6 cm³/mol. The summed E-state index contributed by atoms with van der Waals surface area (Å²) in [6.07, 6.45) is -3.93. The van der Waals surface area contributed by atoms with Crippen LogP contribution in [0.3, 0.4) is 0 Å². The van der Waals surface area contributed by atoms with Crippen LogP contribution in [0, 0.1) is 11.3 Å². The molecule has 0 spiro atoms. The lowest BCUT2D eigenvalue weighted by Crippen LogP contribution is -2.36. The van der Waals surface area contributed by atoms with Crippen LogP contribution in [0.4, 0.5) is 5.82 Å². The number of ether oxygens (including phenoxy) is 1. The van der Waals surface area contributed by atoms with Crippen molar-refractivity contribution in [2.24, 2.45) is 0 Å². The zero-order valence-corrected chi connectivity index (χ0v) is 9.67. The second-order valence-corrected chi connectivity index (χ2v) is 4.07. The fraction of sp³-hybridized carbons (Fsp3) is 0.500. The lowest BCUT2D eigenvalue weighted by Gasteiger charge is -2.17. The highest BCUT2D eigenvalue weighted by Crippen LogP contribution is 2.28. The maximum atomic E-state index is 11.7. The van der Waals surface area contributed by atoms with Gasteiger partial charge in [0, 0.05) is 6.20 Å². The largest absolute Gasteiger partial charge is 0.394 e. The summed E-state index contributed by atoms with van der Waals surface area (Å²) < 4.78 is 6.02. The van der Waals surface area contributed by atoms with Crippen molar-refractivity contribution in [3.05, 3.63) is 22.2 Å².